The molecule has 0 bridgehead atoms. The van der Waals surface area contributed by atoms with E-state index in [-0.39, 0.29) is 6.04 Å². The van der Waals surface area contributed by atoms with Crippen molar-refractivity contribution >= 4 is 40.5 Å². The summed E-state index contributed by atoms with van der Waals surface area (Å²) in [6.07, 6.45) is 2.19. The maximum atomic E-state index is 6.30. The van der Waals surface area contributed by atoms with E-state index < -0.39 is 0 Å². The lowest BCUT2D eigenvalue weighted by molar-refractivity contribution is 0.181. The minimum absolute atomic E-state index is 0.212. The van der Waals surface area contributed by atoms with E-state index in [1.54, 1.807) is 0 Å². The first-order valence-electron chi connectivity index (χ1n) is 8.97. The summed E-state index contributed by atoms with van der Waals surface area (Å²) in [5, 5.41) is 10.2. The van der Waals surface area contributed by atoms with Gasteiger partial charge in [0.25, 0.3) is 0 Å². The van der Waals surface area contributed by atoms with Crippen LogP contribution >= 0.6 is 34.5 Å². The summed E-state index contributed by atoms with van der Waals surface area (Å²) in [6.45, 7) is 4.65. The zero-order chi connectivity index (χ0) is 17.9. The van der Waals surface area contributed by atoms with Crippen molar-refractivity contribution in [2.75, 3.05) is 26.2 Å². The highest BCUT2D eigenvalue weighted by Gasteiger charge is 2.26. The molecule has 7 heteroatoms. The first kappa shape index (κ1) is 18.1. The minimum atomic E-state index is 0.212. The largest absolute Gasteiger partial charge is 0.356 e. The number of thiophene rings is 1. The second-order valence-electron chi connectivity index (χ2n) is 6.67. The van der Waals surface area contributed by atoms with Crippen molar-refractivity contribution in [3.8, 4) is 0 Å². The van der Waals surface area contributed by atoms with E-state index in [4.69, 9.17) is 23.2 Å². The van der Waals surface area contributed by atoms with E-state index in [2.05, 4.69) is 38.0 Å². The van der Waals surface area contributed by atoms with E-state index in [1.165, 1.54) is 16.0 Å². The Labute approximate surface area is 168 Å². The fraction of sp³-hybridized carbons (Fsp3) is 0.421. The van der Waals surface area contributed by atoms with Gasteiger partial charge in [-0.15, -0.1) is 11.3 Å². The van der Waals surface area contributed by atoms with E-state index in [0.717, 1.165) is 51.5 Å². The van der Waals surface area contributed by atoms with Crippen LogP contribution in [0.15, 0.2) is 34.6 Å². The highest BCUT2D eigenvalue weighted by molar-refractivity contribution is 7.10. The molecule has 1 aromatic carbocycles. The Balaban J connectivity index is 1.56. The third-order valence-corrected chi connectivity index (χ3v) is 6.73. The van der Waals surface area contributed by atoms with Gasteiger partial charge in [-0.25, -0.2) is 0 Å². The summed E-state index contributed by atoms with van der Waals surface area (Å²) in [6, 6.07) is 8.43. The Morgan fingerprint density at radius 2 is 2.19 bits per heavy atom. The van der Waals surface area contributed by atoms with Crippen molar-refractivity contribution in [1.29, 1.82) is 0 Å². The molecular formula is C19H22Cl2N4S. The lowest BCUT2D eigenvalue weighted by atomic mass is 10.0. The molecule has 0 spiro atoms. The summed E-state index contributed by atoms with van der Waals surface area (Å²) < 4.78 is 0. The third kappa shape index (κ3) is 4.01. The molecule has 26 heavy (non-hydrogen) atoms. The molecule has 1 unspecified atom stereocenters. The summed E-state index contributed by atoms with van der Waals surface area (Å²) in [5.74, 6) is 0.898. The Hall–Kier alpha value is -1.27. The van der Waals surface area contributed by atoms with Gasteiger partial charge in [0.1, 0.15) is 0 Å². The molecule has 1 aromatic heterocycles. The smallest absolute Gasteiger partial charge is 0.191 e. The number of hydrogen-bond donors (Lipinski definition) is 2. The maximum absolute atomic E-state index is 6.30. The molecule has 0 amide bonds. The first-order valence-corrected chi connectivity index (χ1v) is 10.6. The van der Waals surface area contributed by atoms with Crippen LogP contribution in [0.3, 0.4) is 0 Å². The van der Waals surface area contributed by atoms with Crippen molar-refractivity contribution in [3.05, 3.63) is 55.7 Å². The van der Waals surface area contributed by atoms with Crippen LogP contribution in [0, 0.1) is 0 Å². The Morgan fingerprint density at radius 3 is 3.00 bits per heavy atom. The van der Waals surface area contributed by atoms with Gasteiger partial charge in [0, 0.05) is 37.6 Å². The predicted octanol–water partition coefficient (Wildman–Crippen LogP) is 4.09. The zero-order valence-electron chi connectivity index (χ0n) is 14.5. The monoisotopic (exact) mass is 408 g/mol. The highest BCUT2D eigenvalue weighted by atomic mass is 35.5. The number of nitrogens with one attached hydrogen (secondary N) is 2. The molecule has 2 aromatic rings. The molecule has 1 atom stereocenters. The summed E-state index contributed by atoms with van der Waals surface area (Å²) in [7, 11) is 0. The standard InChI is InChI=1S/C19H22Cl2N4S/c20-15-3-2-13(10-16(15)21)17(11-24-19-22-6-1-7-23-19)25-8-4-18-14(12-25)5-9-26-18/h2-3,5,9-10,17H,1,4,6-8,11-12H2,(H2,22,23,24). The molecule has 4 rings (SSSR count). The Morgan fingerprint density at radius 1 is 1.27 bits per heavy atom. The summed E-state index contributed by atoms with van der Waals surface area (Å²) in [4.78, 5) is 8.56. The molecular weight excluding hydrogens is 387 g/mol. The van der Waals surface area contributed by atoms with E-state index in [1.807, 2.05) is 23.5 Å². The van der Waals surface area contributed by atoms with Crippen LogP contribution in [0.1, 0.15) is 28.5 Å². The average Bonchev–Trinajstić information content (AvgIpc) is 3.13. The van der Waals surface area contributed by atoms with Crippen molar-refractivity contribution in [1.82, 2.24) is 15.5 Å². The van der Waals surface area contributed by atoms with Gasteiger partial charge in [0.2, 0.25) is 0 Å². The van der Waals surface area contributed by atoms with Gasteiger partial charge in [-0.05, 0) is 47.5 Å². The Kier molecular flexibility index (Phi) is 5.69. The normalized spacial score (nSPS) is 18.6. The molecule has 3 heterocycles. The Bertz CT molecular complexity index is 805. The molecule has 0 saturated carbocycles. The molecule has 2 aliphatic rings. The van der Waals surface area contributed by atoms with Crippen LogP contribution in [0.5, 0.6) is 0 Å². The minimum Gasteiger partial charge on any atom is -0.356 e. The van der Waals surface area contributed by atoms with Gasteiger partial charge >= 0.3 is 0 Å². The topological polar surface area (TPSA) is 39.7 Å². The molecule has 0 radical (unpaired) electrons. The summed E-state index contributed by atoms with van der Waals surface area (Å²) in [5.41, 5.74) is 2.63. The van der Waals surface area contributed by atoms with Crippen molar-refractivity contribution in [2.45, 2.75) is 25.4 Å². The maximum Gasteiger partial charge on any atom is 0.191 e. The molecule has 0 saturated heterocycles. The fourth-order valence-corrected chi connectivity index (χ4v) is 4.75. The molecule has 4 nitrogen and oxygen atoms in total. The van der Waals surface area contributed by atoms with E-state index in [9.17, 15) is 0 Å². The molecule has 0 aliphatic carbocycles. The molecule has 0 fully saturated rings. The lowest BCUT2D eigenvalue weighted by Crippen LogP contribution is -2.45. The number of benzene rings is 1. The van der Waals surface area contributed by atoms with Crippen molar-refractivity contribution < 1.29 is 0 Å². The number of fused-ring (bicyclic) bond motifs is 1. The quantitative estimate of drug-likeness (QED) is 0.799. The predicted molar refractivity (Wildman–Crippen MR) is 111 cm³/mol. The number of hydrogen-bond acceptors (Lipinski definition) is 5. The first-order chi connectivity index (χ1) is 12.7. The number of nitrogens with zero attached hydrogens (tertiary/aromatic N) is 2. The van der Waals surface area contributed by atoms with Gasteiger partial charge in [-0.1, -0.05) is 29.3 Å². The van der Waals surface area contributed by atoms with Crippen LogP contribution in [0.25, 0.3) is 0 Å². The number of aliphatic imine (C=N–C) groups is 1. The third-order valence-electron chi connectivity index (χ3n) is 4.97. The average molecular weight is 409 g/mol. The number of rotatable bonds is 4. The van der Waals surface area contributed by atoms with Crippen LogP contribution < -0.4 is 10.6 Å². The fourth-order valence-electron chi connectivity index (χ4n) is 3.56. The van der Waals surface area contributed by atoms with Crippen molar-refractivity contribution in [2.24, 2.45) is 4.99 Å². The van der Waals surface area contributed by atoms with Gasteiger partial charge in [0.05, 0.1) is 16.1 Å². The SMILES string of the molecule is Clc1ccc(C(CNC2=NCCCN2)N2CCc3sccc3C2)cc1Cl. The van der Waals surface area contributed by atoms with Crippen LogP contribution in [-0.2, 0) is 13.0 Å². The highest BCUT2D eigenvalue weighted by Crippen LogP contribution is 2.32. The molecule has 138 valence electrons. The number of guanidine groups is 1. The van der Waals surface area contributed by atoms with Crippen LogP contribution in [0.4, 0.5) is 0 Å². The van der Waals surface area contributed by atoms with E-state index >= 15 is 0 Å². The van der Waals surface area contributed by atoms with Gasteiger partial charge in [0.15, 0.2) is 5.96 Å². The second-order valence-corrected chi connectivity index (χ2v) is 8.49. The second kappa shape index (κ2) is 8.17. The van der Waals surface area contributed by atoms with Gasteiger partial charge in [-0.2, -0.15) is 0 Å². The van der Waals surface area contributed by atoms with Gasteiger partial charge < -0.3 is 10.6 Å². The molecule has 2 N–H and O–H groups in total. The lowest BCUT2D eigenvalue weighted by Gasteiger charge is -2.35. The molecule has 2 aliphatic heterocycles. The van der Waals surface area contributed by atoms with Gasteiger partial charge in [-0.3, -0.25) is 9.89 Å². The van der Waals surface area contributed by atoms with Crippen LogP contribution in [0.2, 0.25) is 10.0 Å². The van der Waals surface area contributed by atoms with Crippen LogP contribution in [-0.4, -0.2) is 37.0 Å². The summed E-state index contributed by atoms with van der Waals surface area (Å²) >= 11 is 14.3. The van der Waals surface area contributed by atoms with Crippen molar-refractivity contribution in [3.63, 3.8) is 0 Å². The zero-order valence-corrected chi connectivity index (χ0v) is 16.8. The van der Waals surface area contributed by atoms with E-state index in [0.29, 0.717) is 10.0 Å². The number of halogens is 2.